The molecule has 0 saturated heterocycles. The van der Waals surface area contributed by atoms with E-state index >= 15 is 0 Å². The van der Waals surface area contributed by atoms with Crippen LogP contribution in [0.2, 0.25) is 0 Å². The van der Waals surface area contributed by atoms with E-state index in [2.05, 4.69) is 20.6 Å². The number of rotatable bonds is 5. The molecule has 7 nitrogen and oxygen atoms in total. The van der Waals surface area contributed by atoms with Gasteiger partial charge in [0.1, 0.15) is 17.3 Å². The lowest BCUT2D eigenvalue weighted by Crippen LogP contribution is -2.13. The number of hydrogen-bond donors (Lipinski definition) is 1. The molecule has 0 fully saturated rings. The number of carbonyl (C=O) groups is 1. The molecule has 146 valence electrons. The quantitative estimate of drug-likeness (QED) is 0.558. The van der Waals surface area contributed by atoms with Crippen molar-refractivity contribution in [2.75, 3.05) is 5.32 Å². The van der Waals surface area contributed by atoms with Crippen LogP contribution in [0.3, 0.4) is 0 Å². The summed E-state index contributed by atoms with van der Waals surface area (Å²) in [6, 6.07) is 14.9. The van der Waals surface area contributed by atoms with Gasteiger partial charge in [-0.3, -0.25) is 9.48 Å². The van der Waals surface area contributed by atoms with Gasteiger partial charge in [-0.05, 0) is 55.6 Å². The average molecular weight is 387 g/mol. The minimum atomic E-state index is -0.224. The van der Waals surface area contributed by atoms with E-state index < -0.39 is 0 Å². The van der Waals surface area contributed by atoms with Gasteiger partial charge in [0.2, 0.25) is 0 Å². The fourth-order valence-corrected chi connectivity index (χ4v) is 2.99. The Kier molecular flexibility index (Phi) is 4.95. The van der Waals surface area contributed by atoms with E-state index in [0.717, 1.165) is 27.8 Å². The van der Waals surface area contributed by atoms with Gasteiger partial charge in [0.25, 0.3) is 5.91 Å². The molecule has 1 amide bonds. The number of pyridine rings is 1. The van der Waals surface area contributed by atoms with Crippen molar-refractivity contribution in [3.8, 4) is 17.0 Å². The van der Waals surface area contributed by atoms with Crippen LogP contribution < -0.4 is 10.1 Å². The number of fused-ring (bicyclic) bond motifs is 1. The van der Waals surface area contributed by atoms with Crippen LogP contribution in [-0.4, -0.2) is 32.0 Å². The molecule has 0 bridgehead atoms. The highest BCUT2D eigenvalue weighted by atomic mass is 16.5. The van der Waals surface area contributed by atoms with Crippen molar-refractivity contribution in [1.29, 1.82) is 0 Å². The van der Waals surface area contributed by atoms with Gasteiger partial charge < -0.3 is 10.1 Å². The Labute approximate surface area is 168 Å². The highest BCUT2D eigenvalue weighted by Gasteiger charge is 2.09. The zero-order valence-electron chi connectivity index (χ0n) is 16.5. The molecule has 4 rings (SSSR count). The van der Waals surface area contributed by atoms with Crippen molar-refractivity contribution >= 4 is 22.5 Å². The normalized spacial score (nSPS) is 11.0. The maximum atomic E-state index is 12.6. The number of nitrogens with zero attached hydrogens (tertiary/aromatic N) is 4. The molecule has 2 aromatic heterocycles. The maximum Gasteiger partial charge on any atom is 0.256 e. The van der Waals surface area contributed by atoms with Crippen LogP contribution in [0.1, 0.15) is 24.2 Å². The summed E-state index contributed by atoms with van der Waals surface area (Å²) in [5.74, 6) is 0.997. The summed E-state index contributed by atoms with van der Waals surface area (Å²) in [5.41, 5.74) is 2.28. The first kappa shape index (κ1) is 18.6. The molecule has 7 heteroatoms. The lowest BCUT2D eigenvalue weighted by Gasteiger charge is -2.10. The summed E-state index contributed by atoms with van der Waals surface area (Å²) in [7, 11) is 1.83. The molecule has 2 aromatic carbocycles. The van der Waals surface area contributed by atoms with E-state index in [-0.39, 0.29) is 12.0 Å². The Hall–Kier alpha value is -3.74. The molecule has 1 N–H and O–H groups in total. The predicted octanol–water partition coefficient (Wildman–Crippen LogP) is 4.07. The van der Waals surface area contributed by atoms with Crippen LogP contribution in [0, 0.1) is 0 Å². The topological polar surface area (TPSA) is 81.9 Å². The highest BCUT2D eigenvalue weighted by molar-refractivity contribution is 6.04. The molecular weight excluding hydrogens is 366 g/mol. The molecule has 0 aliphatic rings. The second-order valence-electron chi connectivity index (χ2n) is 7.05. The molecule has 29 heavy (non-hydrogen) atoms. The number of aryl methyl sites for hydroxylation is 1. The second kappa shape index (κ2) is 7.71. The minimum absolute atomic E-state index is 0.0863. The molecular formula is C22H21N5O2. The third-order valence-corrected chi connectivity index (χ3v) is 4.35. The zero-order valence-corrected chi connectivity index (χ0v) is 16.5. The fraction of sp³-hybridized carbons (Fsp3) is 0.182. The third kappa shape index (κ3) is 4.24. The maximum absolute atomic E-state index is 12.6. The lowest BCUT2D eigenvalue weighted by atomic mass is 10.1. The van der Waals surface area contributed by atoms with Gasteiger partial charge in [-0.15, -0.1) is 5.10 Å². The standard InChI is InChI=1S/C22H21N5O2/c1-14(2)29-19-8-6-15(7-9-19)22(28)24-21-11-18-10-16(4-5-17(18)12-23-21)20-13-27(3)26-25-20/h4-14H,1-3H3,(H,23,24,28). The summed E-state index contributed by atoms with van der Waals surface area (Å²) in [6.07, 6.45) is 3.69. The van der Waals surface area contributed by atoms with Crippen molar-refractivity contribution in [3.63, 3.8) is 0 Å². The van der Waals surface area contributed by atoms with Crippen LogP contribution in [0.5, 0.6) is 5.75 Å². The first-order valence-electron chi connectivity index (χ1n) is 9.32. The molecule has 0 spiro atoms. The summed E-state index contributed by atoms with van der Waals surface area (Å²) in [6.45, 7) is 3.92. The SMILES string of the molecule is CC(C)Oc1ccc(C(=O)Nc2cc3cc(-c4cn(C)nn4)ccc3cn2)cc1. The fourth-order valence-electron chi connectivity index (χ4n) is 2.99. The first-order valence-corrected chi connectivity index (χ1v) is 9.32. The molecule has 2 heterocycles. The van der Waals surface area contributed by atoms with Crippen LogP contribution in [0.25, 0.3) is 22.0 Å². The van der Waals surface area contributed by atoms with Crippen molar-refractivity contribution in [3.05, 3.63) is 66.5 Å². The molecule has 0 atom stereocenters. The van der Waals surface area contributed by atoms with Crippen LogP contribution in [0.4, 0.5) is 5.82 Å². The molecule has 0 aliphatic heterocycles. The molecule has 0 aliphatic carbocycles. The summed E-state index contributed by atoms with van der Waals surface area (Å²) < 4.78 is 7.27. The van der Waals surface area contributed by atoms with Crippen molar-refractivity contribution < 1.29 is 9.53 Å². The average Bonchev–Trinajstić information content (AvgIpc) is 3.14. The van der Waals surface area contributed by atoms with Crippen LogP contribution >= 0.6 is 0 Å². The van der Waals surface area contributed by atoms with Crippen molar-refractivity contribution in [2.24, 2.45) is 7.05 Å². The number of amides is 1. The largest absolute Gasteiger partial charge is 0.491 e. The van der Waals surface area contributed by atoms with Crippen LogP contribution in [0.15, 0.2) is 60.9 Å². The van der Waals surface area contributed by atoms with Gasteiger partial charge in [-0.25, -0.2) is 4.98 Å². The monoisotopic (exact) mass is 387 g/mol. The van der Waals surface area contributed by atoms with E-state index in [0.29, 0.717) is 11.4 Å². The first-order chi connectivity index (χ1) is 14.0. The number of ether oxygens (including phenoxy) is 1. The van der Waals surface area contributed by atoms with E-state index in [4.69, 9.17) is 4.74 Å². The van der Waals surface area contributed by atoms with Gasteiger partial charge in [0.05, 0.1) is 12.3 Å². The van der Waals surface area contributed by atoms with Crippen molar-refractivity contribution in [1.82, 2.24) is 20.0 Å². The van der Waals surface area contributed by atoms with Gasteiger partial charge in [0.15, 0.2) is 0 Å². The molecule has 4 aromatic rings. The highest BCUT2D eigenvalue weighted by Crippen LogP contribution is 2.24. The molecule has 0 saturated carbocycles. The number of carbonyl (C=O) groups excluding carboxylic acids is 1. The number of nitrogens with one attached hydrogen (secondary N) is 1. The Bertz CT molecular complexity index is 1170. The summed E-state index contributed by atoms with van der Waals surface area (Å²) >= 11 is 0. The Morgan fingerprint density at radius 2 is 1.86 bits per heavy atom. The van der Waals surface area contributed by atoms with E-state index in [1.165, 1.54) is 0 Å². The Morgan fingerprint density at radius 1 is 1.07 bits per heavy atom. The lowest BCUT2D eigenvalue weighted by molar-refractivity contribution is 0.102. The summed E-state index contributed by atoms with van der Waals surface area (Å²) in [5, 5.41) is 12.9. The third-order valence-electron chi connectivity index (χ3n) is 4.35. The van der Waals surface area contributed by atoms with E-state index in [9.17, 15) is 4.79 Å². The zero-order chi connectivity index (χ0) is 20.4. The molecule has 0 radical (unpaired) electrons. The Morgan fingerprint density at radius 3 is 2.55 bits per heavy atom. The van der Waals surface area contributed by atoms with Crippen molar-refractivity contribution in [2.45, 2.75) is 20.0 Å². The second-order valence-corrected chi connectivity index (χ2v) is 7.05. The number of aromatic nitrogens is 4. The number of hydrogen-bond acceptors (Lipinski definition) is 5. The summed E-state index contributed by atoms with van der Waals surface area (Å²) in [4.78, 5) is 16.9. The molecule has 0 unspecified atom stereocenters. The van der Waals surface area contributed by atoms with E-state index in [1.807, 2.05) is 51.4 Å². The van der Waals surface area contributed by atoms with Gasteiger partial charge >= 0.3 is 0 Å². The Balaban J connectivity index is 1.55. The number of benzene rings is 2. The van der Waals surface area contributed by atoms with Gasteiger partial charge in [0, 0.05) is 29.8 Å². The predicted molar refractivity (Wildman–Crippen MR) is 112 cm³/mol. The van der Waals surface area contributed by atoms with Gasteiger partial charge in [-0.1, -0.05) is 17.3 Å². The van der Waals surface area contributed by atoms with Gasteiger partial charge in [-0.2, -0.15) is 0 Å². The minimum Gasteiger partial charge on any atom is -0.491 e. The smallest absolute Gasteiger partial charge is 0.256 e. The van der Waals surface area contributed by atoms with E-state index in [1.54, 1.807) is 35.1 Å². The van der Waals surface area contributed by atoms with Crippen LogP contribution in [-0.2, 0) is 7.05 Å². The number of anilines is 1.